The molecule has 1 amide bonds. The standard InChI is InChI=1S/C24H21F5N8O2/c1-3-39-12-5-7-31-15(10-12)22(2)16-17(30)34-18(35-19(16)36-21(22)38)14-11-37-9-8-32-20(37)13(33-14)4-6-23(25,26)24(27,28)29/h5,7-11H,3-4,6H2,1-2H3,(H3,30,34,35,36,38). The number of ether oxygens (including phenoxy) is 1. The van der Waals surface area contributed by atoms with E-state index in [1.165, 1.54) is 29.2 Å². The highest BCUT2D eigenvalue weighted by Crippen LogP contribution is 2.45. The molecule has 4 aromatic heterocycles. The molecule has 0 fully saturated rings. The molecule has 0 bridgehead atoms. The molecule has 1 aliphatic heterocycles. The first-order valence-corrected chi connectivity index (χ1v) is 11.7. The average Bonchev–Trinajstić information content (AvgIpc) is 3.45. The number of nitrogens with one attached hydrogen (secondary N) is 1. The van der Waals surface area contributed by atoms with Gasteiger partial charge in [-0.15, -0.1) is 0 Å². The number of carbonyl (C=O) groups excluding carboxylic acids is 1. The van der Waals surface area contributed by atoms with Gasteiger partial charge in [-0.1, -0.05) is 0 Å². The van der Waals surface area contributed by atoms with Crippen LogP contribution in [-0.2, 0) is 16.6 Å². The Labute approximate surface area is 217 Å². The molecule has 1 unspecified atom stereocenters. The number of anilines is 2. The zero-order valence-electron chi connectivity index (χ0n) is 20.6. The third-order valence-corrected chi connectivity index (χ3v) is 6.44. The second-order valence-electron chi connectivity index (χ2n) is 8.98. The Balaban J connectivity index is 1.56. The fourth-order valence-corrected chi connectivity index (χ4v) is 4.40. The summed E-state index contributed by atoms with van der Waals surface area (Å²) < 4.78 is 72.3. The van der Waals surface area contributed by atoms with E-state index in [2.05, 4.69) is 30.2 Å². The van der Waals surface area contributed by atoms with Crippen LogP contribution >= 0.6 is 0 Å². The fraction of sp³-hybridized carbons (Fsp3) is 0.333. The third kappa shape index (κ3) is 4.36. The number of hydrogen-bond donors (Lipinski definition) is 2. The SMILES string of the molecule is CCOc1ccnc(C2(C)C(=O)Nc3nc(-c4cn5ccnc5c(CCC(F)(F)C(F)(F)F)n4)nc(N)c32)c1. The molecule has 0 aliphatic carbocycles. The van der Waals surface area contributed by atoms with Crippen molar-refractivity contribution in [3.8, 4) is 17.3 Å². The molecule has 10 nitrogen and oxygen atoms in total. The van der Waals surface area contributed by atoms with Crippen LogP contribution < -0.4 is 15.8 Å². The molecule has 0 saturated carbocycles. The lowest BCUT2D eigenvalue weighted by Crippen LogP contribution is -2.36. The number of amides is 1. The molecule has 15 heteroatoms. The van der Waals surface area contributed by atoms with Crippen molar-refractivity contribution in [1.82, 2.24) is 29.3 Å². The van der Waals surface area contributed by atoms with Crippen molar-refractivity contribution >= 4 is 23.2 Å². The van der Waals surface area contributed by atoms with Gasteiger partial charge in [0.25, 0.3) is 0 Å². The zero-order valence-corrected chi connectivity index (χ0v) is 20.6. The molecule has 1 atom stereocenters. The highest BCUT2D eigenvalue weighted by Gasteiger charge is 2.56. The molecule has 0 radical (unpaired) electrons. The number of aryl methyl sites for hydroxylation is 1. The number of carbonyl (C=O) groups is 1. The van der Waals surface area contributed by atoms with E-state index in [9.17, 15) is 26.7 Å². The molecule has 4 aromatic rings. The Morgan fingerprint density at radius 1 is 1.13 bits per heavy atom. The monoisotopic (exact) mass is 548 g/mol. The van der Waals surface area contributed by atoms with Gasteiger partial charge < -0.3 is 20.2 Å². The van der Waals surface area contributed by atoms with Gasteiger partial charge >= 0.3 is 12.1 Å². The number of nitrogens with two attached hydrogens (primary N) is 1. The minimum atomic E-state index is -5.70. The van der Waals surface area contributed by atoms with Crippen molar-refractivity contribution in [2.24, 2.45) is 0 Å². The minimum Gasteiger partial charge on any atom is -0.494 e. The summed E-state index contributed by atoms with van der Waals surface area (Å²) in [5.41, 5.74) is 5.57. The van der Waals surface area contributed by atoms with Crippen molar-refractivity contribution in [2.45, 2.75) is 44.2 Å². The first-order chi connectivity index (χ1) is 18.3. The van der Waals surface area contributed by atoms with Gasteiger partial charge in [-0.2, -0.15) is 22.0 Å². The van der Waals surface area contributed by atoms with E-state index in [-0.39, 0.29) is 40.1 Å². The van der Waals surface area contributed by atoms with E-state index >= 15 is 0 Å². The second-order valence-corrected chi connectivity index (χ2v) is 8.98. The first kappa shape index (κ1) is 26.2. The normalized spacial score (nSPS) is 17.4. The molecule has 1 aliphatic rings. The summed E-state index contributed by atoms with van der Waals surface area (Å²) in [5.74, 6) is -4.94. The molecular weight excluding hydrogens is 527 g/mol. The van der Waals surface area contributed by atoms with E-state index in [4.69, 9.17) is 10.5 Å². The lowest BCUT2D eigenvalue weighted by molar-refractivity contribution is -0.284. The van der Waals surface area contributed by atoms with Gasteiger partial charge in [0.05, 0.1) is 23.6 Å². The zero-order chi connectivity index (χ0) is 28.2. The van der Waals surface area contributed by atoms with Crippen molar-refractivity contribution in [1.29, 1.82) is 0 Å². The van der Waals surface area contributed by atoms with Crippen molar-refractivity contribution in [3.05, 3.63) is 53.9 Å². The van der Waals surface area contributed by atoms with Gasteiger partial charge in [0.1, 0.15) is 28.5 Å². The number of nitrogen functional groups attached to an aromatic ring is 1. The number of aromatic nitrogens is 6. The largest absolute Gasteiger partial charge is 0.494 e. The quantitative estimate of drug-likeness (QED) is 0.332. The minimum absolute atomic E-state index is 0.0274. The number of alkyl halides is 5. The van der Waals surface area contributed by atoms with Gasteiger partial charge in [0.2, 0.25) is 5.91 Å². The van der Waals surface area contributed by atoms with Crippen LogP contribution in [0.25, 0.3) is 17.2 Å². The average molecular weight is 548 g/mol. The summed E-state index contributed by atoms with van der Waals surface area (Å²) in [5, 5.41) is 2.68. The predicted octanol–water partition coefficient (Wildman–Crippen LogP) is 3.95. The van der Waals surface area contributed by atoms with Crippen LogP contribution in [0.2, 0.25) is 0 Å². The van der Waals surface area contributed by atoms with Crippen molar-refractivity contribution < 1.29 is 31.5 Å². The van der Waals surface area contributed by atoms with E-state index in [0.717, 1.165) is 0 Å². The number of imidazole rings is 1. The van der Waals surface area contributed by atoms with E-state index in [0.29, 0.717) is 18.1 Å². The van der Waals surface area contributed by atoms with E-state index < -0.39 is 36.3 Å². The first-order valence-electron chi connectivity index (χ1n) is 11.7. The van der Waals surface area contributed by atoms with Crippen LogP contribution in [0.1, 0.15) is 37.2 Å². The smallest absolute Gasteiger partial charge is 0.453 e. The Kier molecular flexibility index (Phi) is 6.11. The maximum Gasteiger partial charge on any atom is 0.453 e. The Morgan fingerprint density at radius 2 is 1.90 bits per heavy atom. The molecule has 0 aromatic carbocycles. The van der Waals surface area contributed by atoms with Gasteiger partial charge in [-0.3, -0.25) is 9.78 Å². The summed E-state index contributed by atoms with van der Waals surface area (Å²) in [7, 11) is 0. The maximum atomic E-state index is 13.6. The van der Waals surface area contributed by atoms with Crippen molar-refractivity contribution in [3.63, 3.8) is 0 Å². The lowest BCUT2D eigenvalue weighted by Gasteiger charge is -2.22. The molecule has 39 heavy (non-hydrogen) atoms. The second kappa shape index (κ2) is 9.10. The molecule has 5 rings (SSSR count). The molecule has 0 spiro atoms. The highest BCUT2D eigenvalue weighted by atomic mass is 19.4. The van der Waals surface area contributed by atoms with Gasteiger partial charge in [-0.05, 0) is 26.3 Å². The maximum absolute atomic E-state index is 13.6. The Morgan fingerprint density at radius 3 is 2.62 bits per heavy atom. The lowest BCUT2D eigenvalue weighted by atomic mass is 9.80. The summed E-state index contributed by atoms with van der Waals surface area (Å²) in [6.45, 7) is 3.83. The number of fused-ring (bicyclic) bond motifs is 2. The van der Waals surface area contributed by atoms with Gasteiger partial charge in [0.15, 0.2) is 11.5 Å². The fourth-order valence-electron chi connectivity index (χ4n) is 4.40. The van der Waals surface area contributed by atoms with Crippen LogP contribution in [0, 0.1) is 0 Å². The van der Waals surface area contributed by atoms with Crippen LogP contribution in [0.3, 0.4) is 0 Å². The van der Waals surface area contributed by atoms with E-state index in [1.54, 1.807) is 19.1 Å². The Hall–Kier alpha value is -4.43. The molecule has 3 N–H and O–H groups in total. The number of hydrogen-bond acceptors (Lipinski definition) is 8. The summed E-state index contributed by atoms with van der Waals surface area (Å²) in [4.78, 5) is 34.4. The van der Waals surface area contributed by atoms with Gasteiger partial charge in [-0.25, -0.2) is 19.9 Å². The summed E-state index contributed by atoms with van der Waals surface area (Å²) in [6, 6.07) is 3.26. The number of rotatable bonds is 7. The van der Waals surface area contributed by atoms with Crippen LogP contribution in [-0.4, -0.2) is 53.9 Å². The number of nitrogens with zero attached hydrogens (tertiary/aromatic N) is 6. The molecule has 0 saturated heterocycles. The van der Waals surface area contributed by atoms with Crippen LogP contribution in [0.15, 0.2) is 36.9 Å². The van der Waals surface area contributed by atoms with Gasteiger partial charge in [0, 0.05) is 37.3 Å². The predicted molar refractivity (Wildman–Crippen MR) is 128 cm³/mol. The Bertz CT molecular complexity index is 1590. The molecule has 204 valence electrons. The number of pyridine rings is 1. The topological polar surface area (TPSA) is 133 Å². The van der Waals surface area contributed by atoms with Crippen molar-refractivity contribution in [2.75, 3.05) is 17.7 Å². The number of halogens is 5. The summed E-state index contributed by atoms with van der Waals surface area (Å²) in [6.07, 6.45) is -2.20. The third-order valence-electron chi connectivity index (χ3n) is 6.44. The van der Waals surface area contributed by atoms with Crippen LogP contribution in [0.5, 0.6) is 5.75 Å². The molecule has 5 heterocycles. The van der Waals surface area contributed by atoms with E-state index in [1.807, 2.05) is 6.92 Å². The van der Waals surface area contributed by atoms with Crippen LogP contribution in [0.4, 0.5) is 33.6 Å². The highest BCUT2D eigenvalue weighted by molar-refractivity contribution is 6.08. The molecular formula is C24H21F5N8O2. The summed E-state index contributed by atoms with van der Waals surface area (Å²) >= 11 is 0.